The van der Waals surface area contributed by atoms with Crippen LogP contribution >= 0.6 is 0 Å². The topological polar surface area (TPSA) is 60.4 Å². The van der Waals surface area contributed by atoms with Crippen molar-refractivity contribution in [2.24, 2.45) is 4.99 Å². The number of non-ortho nitro benzene ring substituents is 1. The maximum atomic E-state index is 11.3. The van der Waals surface area contributed by atoms with Gasteiger partial charge in [-0.15, -0.1) is 0 Å². The van der Waals surface area contributed by atoms with Gasteiger partial charge in [0.2, 0.25) is 0 Å². The van der Waals surface area contributed by atoms with Gasteiger partial charge < -0.3 is 4.57 Å². The van der Waals surface area contributed by atoms with Crippen LogP contribution in [0.25, 0.3) is 39.3 Å². The van der Waals surface area contributed by atoms with E-state index in [1.165, 1.54) is 0 Å². The van der Waals surface area contributed by atoms with Gasteiger partial charge in [0, 0.05) is 29.6 Å². The largest absolute Gasteiger partial charge is 0.309 e. The molecule has 0 bridgehead atoms. The summed E-state index contributed by atoms with van der Waals surface area (Å²) in [6.45, 7) is 0. The molecule has 0 fully saturated rings. The molecule has 0 aliphatic heterocycles. The lowest BCUT2D eigenvalue weighted by Gasteiger charge is -2.15. The van der Waals surface area contributed by atoms with Gasteiger partial charge in [0.25, 0.3) is 5.69 Å². The summed E-state index contributed by atoms with van der Waals surface area (Å²) >= 11 is 0. The number of rotatable bonds is 7. The van der Waals surface area contributed by atoms with E-state index in [-0.39, 0.29) is 10.6 Å². The molecule has 0 saturated heterocycles. The van der Waals surface area contributed by atoms with E-state index in [1.54, 1.807) is 24.3 Å². The molecule has 5 nitrogen and oxygen atoms in total. The second kappa shape index (κ2) is 11.1. The van der Waals surface area contributed by atoms with Crippen molar-refractivity contribution < 1.29 is 4.92 Å². The van der Waals surface area contributed by atoms with Crippen LogP contribution < -0.4 is 0 Å². The van der Waals surface area contributed by atoms with Crippen LogP contribution in [-0.2, 0) is 0 Å². The lowest BCUT2D eigenvalue weighted by molar-refractivity contribution is -0.384. The van der Waals surface area contributed by atoms with Gasteiger partial charge in [-0.25, -0.2) is 0 Å². The van der Waals surface area contributed by atoms with Crippen molar-refractivity contribution in [1.82, 2.24) is 4.57 Å². The Hall–Kier alpha value is -5.55. The molecule has 0 aliphatic carbocycles. The van der Waals surface area contributed by atoms with Crippen LogP contribution in [-0.4, -0.2) is 15.7 Å². The molecule has 0 saturated carbocycles. The van der Waals surface area contributed by atoms with Crippen molar-refractivity contribution in [3.63, 3.8) is 0 Å². The van der Waals surface area contributed by atoms with E-state index in [2.05, 4.69) is 59.2 Å². The molecule has 40 heavy (non-hydrogen) atoms. The zero-order valence-corrected chi connectivity index (χ0v) is 21.6. The third-order valence-corrected chi connectivity index (χ3v) is 6.79. The predicted molar refractivity (Wildman–Crippen MR) is 162 cm³/mol. The van der Waals surface area contributed by atoms with Gasteiger partial charge in [0.05, 0.1) is 22.0 Å². The Balaban J connectivity index is 1.49. The van der Waals surface area contributed by atoms with E-state index >= 15 is 0 Å². The molecule has 1 heterocycles. The summed E-state index contributed by atoms with van der Waals surface area (Å²) < 4.78 is 2.15. The fourth-order valence-corrected chi connectivity index (χ4v) is 4.85. The molecular weight excluding hydrogens is 494 g/mol. The number of hydrogen-bond acceptors (Lipinski definition) is 3. The average Bonchev–Trinajstić information content (AvgIpc) is 3.41. The van der Waals surface area contributed by atoms with Crippen molar-refractivity contribution in [3.8, 4) is 39.3 Å². The van der Waals surface area contributed by atoms with Crippen molar-refractivity contribution in [1.29, 1.82) is 0 Å². The molecule has 0 unspecified atom stereocenters. The highest BCUT2D eigenvalue weighted by Gasteiger charge is 2.19. The van der Waals surface area contributed by atoms with Crippen molar-refractivity contribution in [3.05, 3.63) is 161 Å². The van der Waals surface area contributed by atoms with Gasteiger partial charge in [-0.3, -0.25) is 15.1 Å². The maximum Gasteiger partial charge on any atom is 0.269 e. The van der Waals surface area contributed by atoms with E-state index in [0.29, 0.717) is 0 Å². The van der Waals surface area contributed by atoms with Crippen LogP contribution in [0, 0.1) is 10.1 Å². The van der Waals surface area contributed by atoms with Crippen LogP contribution in [0.2, 0.25) is 0 Å². The van der Waals surface area contributed by atoms with Gasteiger partial charge in [0.1, 0.15) is 0 Å². The molecule has 192 valence electrons. The maximum absolute atomic E-state index is 11.3. The Kier molecular flexibility index (Phi) is 6.84. The first kappa shape index (κ1) is 24.8. The number of nitro benzene ring substituents is 1. The van der Waals surface area contributed by atoms with Crippen molar-refractivity contribution in [2.75, 3.05) is 0 Å². The third kappa shape index (κ3) is 5.08. The van der Waals surface area contributed by atoms with Crippen molar-refractivity contribution >= 4 is 17.6 Å². The minimum absolute atomic E-state index is 0.0548. The Morgan fingerprint density at radius 3 is 1.70 bits per heavy atom. The highest BCUT2D eigenvalue weighted by Crippen LogP contribution is 2.36. The standard InChI is InChI=1S/C35H25N3O2/c39-38(40)33-22-20-32(21-23-33)37-34(28-12-6-2-7-13-28)24-30(35(37)29-14-8-3-9-15-29)25-36-31-18-16-27(17-19-31)26-10-4-1-5-11-26/h1-25H. The molecule has 5 aromatic carbocycles. The third-order valence-electron chi connectivity index (χ3n) is 6.79. The van der Waals surface area contributed by atoms with Gasteiger partial charge in [-0.1, -0.05) is 103 Å². The molecular formula is C35H25N3O2. The lowest BCUT2D eigenvalue weighted by atomic mass is 10.1. The first-order valence-electron chi connectivity index (χ1n) is 13.0. The van der Waals surface area contributed by atoms with E-state index < -0.39 is 0 Å². The fraction of sp³-hybridized carbons (Fsp3) is 0. The molecule has 6 rings (SSSR count). The van der Waals surface area contributed by atoms with Crippen LogP contribution in [0.4, 0.5) is 11.4 Å². The van der Waals surface area contributed by atoms with Crippen LogP contribution in [0.3, 0.4) is 0 Å². The Morgan fingerprint density at radius 1 is 0.600 bits per heavy atom. The average molecular weight is 520 g/mol. The van der Waals surface area contributed by atoms with E-state index in [1.807, 2.05) is 72.9 Å². The summed E-state index contributed by atoms with van der Waals surface area (Å²) in [5, 5.41) is 11.3. The predicted octanol–water partition coefficient (Wildman–Crippen LogP) is 9.14. The summed E-state index contributed by atoms with van der Waals surface area (Å²) in [6.07, 6.45) is 1.90. The van der Waals surface area contributed by atoms with Crippen LogP contribution in [0.15, 0.2) is 151 Å². The second-order valence-electron chi connectivity index (χ2n) is 9.35. The highest BCUT2D eigenvalue weighted by molar-refractivity contribution is 5.94. The molecule has 5 heteroatoms. The molecule has 0 spiro atoms. The first-order valence-corrected chi connectivity index (χ1v) is 13.0. The quantitative estimate of drug-likeness (QED) is 0.120. The van der Waals surface area contributed by atoms with E-state index in [9.17, 15) is 10.1 Å². The number of nitro groups is 1. The zero-order valence-electron chi connectivity index (χ0n) is 21.6. The highest BCUT2D eigenvalue weighted by atomic mass is 16.6. The second-order valence-corrected chi connectivity index (χ2v) is 9.35. The molecule has 0 N–H and O–H groups in total. The van der Waals surface area contributed by atoms with Crippen LogP contribution in [0.5, 0.6) is 0 Å². The minimum atomic E-state index is -0.378. The number of aromatic nitrogens is 1. The summed E-state index contributed by atoms with van der Waals surface area (Å²) in [6, 6.07) is 47.5. The Morgan fingerprint density at radius 2 is 1.12 bits per heavy atom. The Bertz CT molecular complexity index is 1770. The molecule has 0 radical (unpaired) electrons. The molecule has 0 aliphatic rings. The lowest BCUT2D eigenvalue weighted by Crippen LogP contribution is -2.01. The molecule has 6 aromatic rings. The Labute approximate surface area is 232 Å². The van der Waals surface area contributed by atoms with Crippen LogP contribution in [0.1, 0.15) is 5.56 Å². The van der Waals surface area contributed by atoms with Gasteiger partial charge in [-0.05, 0) is 52.6 Å². The number of benzene rings is 5. The van der Waals surface area contributed by atoms with Crippen molar-refractivity contribution in [2.45, 2.75) is 0 Å². The number of hydrogen-bond donors (Lipinski definition) is 0. The SMILES string of the molecule is O=[N+]([O-])c1ccc(-n2c(-c3ccccc3)cc(C=Nc3ccc(-c4ccccc4)cc3)c2-c2ccccc2)cc1. The van der Waals surface area contributed by atoms with Gasteiger partial charge >= 0.3 is 0 Å². The minimum Gasteiger partial charge on any atom is -0.309 e. The zero-order chi connectivity index (χ0) is 27.3. The van der Waals surface area contributed by atoms with E-state index in [4.69, 9.17) is 4.99 Å². The van der Waals surface area contributed by atoms with E-state index in [0.717, 1.165) is 50.6 Å². The number of aliphatic imine (C=N–C) groups is 1. The normalized spacial score (nSPS) is 11.1. The number of nitrogens with zero attached hydrogens (tertiary/aromatic N) is 3. The summed E-state index contributed by atoms with van der Waals surface area (Å²) in [4.78, 5) is 15.8. The first-order chi connectivity index (χ1) is 19.7. The van der Waals surface area contributed by atoms with Gasteiger partial charge in [-0.2, -0.15) is 0 Å². The summed E-state index contributed by atoms with van der Waals surface area (Å²) in [5.74, 6) is 0. The fourth-order valence-electron chi connectivity index (χ4n) is 4.85. The molecule has 1 aromatic heterocycles. The smallest absolute Gasteiger partial charge is 0.269 e. The van der Waals surface area contributed by atoms with Gasteiger partial charge in [0.15, 0.2) is 0 Å². The molecule has 0 atom stereocenters. The molecule has 0 amide bonds. The summed E-state index contributed by atoms with van der Waals surface area (Å²) in [7, 11) is 0. The summed E-state index contributed by atoms with van der Waals surface area (Å²) in [5.41, 5.74) is 8.95. The monoisotopic (exact) mass is 519 g/mol.